The monoisotopic (exact) mass is 426 g/mol. The van der Waals surface area contributed by atoms with Gasteiger partial charge in [0.05, 0.1) is 5.69 Å². The summed E-state index contributed by atoms with van der Waals surface area (Å²) in [6.07, 6.45) is 2.22. The molecule has 8 heteroatoms. The molecule has 0 saturated heterocycles. The minimum Gasteiger partial charge on any atom is -0.485 e. The Morgan fingerprint density at radius 2 is 2.06 bits per heavy atom. The molecule has 1 aliphatic heterocycles. The molecule has 1 atom stereocenters. The summed E-state index contributed by atoms with van der Waals surface area (Å²) in [6.45, 7) is 1.78. The van der Waals surface area contributed by atoms with E-state index < -0.39 is 11.9 Å². The number of nitrogens with zero attached hydrogens (tertiary/aromatic N) is 1. The van der Waals surface area contributed by atoms with Crippen LogP contribution in [0.4, 0.5) is 10.1 Å². The maximum absolute atomic E-state index is 13.3. The Hall–Kier alpha value is -3.42. The second-order valence-electron chi connectivity index (χ2n) is 7.77. The number of ketones is 1. The first-order valence-electron chi connectivity index (χ1n) is 10.2. The Morgan fingerprint density at radius 3 is 2.81 bits per heavy atom. The maximum atomic E-state index is 13.3. The lowest BCUT2D eigenvalue weighted by Gasteiger charge is -2.33. The van der Waals surface area contributed by atoms with Crippen molar-refractivity contribution in [3.8, 4) is 11.5 Å². The van der Waals surface area contributed by atoms with E-state index in [4.69, 9.17) is 9.47 Å². The fourth-order valence-corrected chi connectivity index (χ4v) is 3.39. The van der Waals surface area contributed by atoms with Crippen molar-refractivity contribution in [1.29, 1.82) is 0 Å². The van der Waals surface area contributed by atoms with Crippen molar-refractivity contribution in [2.24, 2.45) is 5.92 Å². The van der Waals surface area contributed by atoms with E-state index >= 15 is 0 Å². The van der Waals surface area contributed by atoms with E-state index in [9.17, 15) is 18.8 Å². The van der Waals surface area contributed by atoms with Crippen molar-refractivity contribution in [3.63, 3.8) is 0 Å². The number of carbonyl (C=O) groups is 3. The van der Waals surface area contributed by atoms with E-state index in [0.29, 0.717) is 29.5 Å². The lowest BCUT2D eigenvalue weighted by atomic mass is 10.1. The first-order valence-corrected chi connectivity index (χ1v) is 10.2. The number of hydrogen-bond acceptors (Lipinski definition) is 5. The van der Waals surface area contributed by atoms with Crippen molar-refractivity contribution in [1.82, 2.24) is 5.32 Å². The number of benzene rings is 2. The SMILES string of the molecule is C[C@@H](C(=O)NCC1CC1)N1C(=O)COc2ccc(C(=O)COc3cccc(F)c3)cc21. The van der Waals surface area contributed by atoms with Gasteiger partial charge in [0.2, 0.25) is 5.91 Å². The lowest BCUT2D eigenvalue weighted by Crippen LogP contribution is -2.51. The molecular weight excluding hydrogens is 403 g/mol. The number of halogens is 1. The molecule has 1 aliphatic carbocycles. The zero-order valence-electron chi connectivity index (χ0n) is 17.1. The molecule has 7 nitrogen and oxygen atoms in total. The summed E-state index contributed by atoms with van der Waals surface area (Å²) in [5, 5.41) is 2.88. The second kappa shape index (κ2) is 8.75. The highest BCUT2D eigenvalue weighted by Crippen LogP contribution is 2.35. The number of ether oxygens (including phenoxy) is 2. The fourth-order valence-electron chi connectivity index (χ4n) is 3.39. The first-order chi connectivity index (χ1) is 14.9. The molecule has 0 unspecified atom stereocenters. The average Bonchev–Trinajstić information content (AvgIpc) is 3.59. The van der Waals surface area contributed by atoms with Gasteiger partial charge in [0.15, 0.2) is 19.0 Å². The van der Waals surface area contributed by atoms with Gasteiger partial charge in [-0.3, -0.25) is 19.3 Å². The van der Waals surface area contributed by atoms with E-state index in [1.165, 1.54) is 29.2 Å². The highest BCUT2D eigenvalue weighted by molar-refractivity contribution is 6.05. The molecular formula is C23H23FN2O5. The van der Waals surface area contributed by atoms with Crippen molar-refractivity contribution < 1.29 is 28.2 Å². The summed E-state index contributed by atoms with van der Waals surface area (Å²) in [4.78, 5) is 39.1. The summed E-state index contributed by atoms with van der Waals surface area (Å²) in [5.74, 6) is -0.237. The minimum absolute atomic E-state index is 0.177. The number of carbonyl (C=O) groups excluding carboxylic acids is 3. The molecule has 0 radical (unpaired) electrons. The standard InChI is InChI=1S/C23H23FN2O5/c1-14(23(29)25-11-15-5-6-15)26-19-9-16(7-8-21(19)31-13-22(26)28)20(27)12-30-18-4-2-3-17(24)10-18/h2-4,7-10,14-15H,5-6,11-13H2,1H3,(H,25,29)/t14-/m0/s1. The molecule has 1 N–H and O–H groups in total. The van der Waals surface area contributed by atoms with Gasteiger partial charge in [-0.05, 0) is 56.0 Å². The molecule has 2 aliphatic rings. The molecule has 1 saturated carbocycles. The second-order valence-corrected chi connectivity index (χ2v) is 7.77. The highest BCUT2D eigenvalue weighted by Gasteiger charge is 2.34. The predicted molar refractivity (Wildman–Crippen MR) is 111 cm³/mol. The van der Waals surface area contributed by atoms with Gasteiger partial charge in [-0.1, -0.05) is 6.07 Å². The van der Waals surface area contributed by atoms with E-state index in [2.05, 4.69) is 5.32 Å². The van der Waals surface area contributed by atoms with Crippen LogP contribution in [0, 0.1) is 11.7 Å². The van der Waals surface area contributed by atoms with Crippen molar-refractivity contribution >= 4 is 23.3 Å². The molecule has 0 bridgehead atoms. The van der Waals surface area contributed by atoms with Crippen LogP contribution in [0.5, 0.6) is 11.5 Å². The van der Waals surface area contributed by atoms with Crippen LogP contribution < -0.4 is 19.7 Å². The number of amides is 2. The molecule has 0 spiro atoms. The third kappa shape index (κ3) is 4.84. The van der Waals surface area contributed by atoms with Crippen LogP contribution in [0.2, 0.25) is 0 Å². The van der Waals surface area contributed by atoms with Crippen molar-refractivity contribution in [2.45, 2.75) is 25.8 Å². The smallest absolute Gasteiger partial charge is 0.265 e. The molecule has 0 aromatic heterocycles. The summed E-state index contributed by atoms with van der Waals surface area (Å²) in [7, 11) is 0. The molecule has 1 heterocycles. The zero-order chi connectivity index (χ0) is 22.0. The van der Waals surface area contributed by atoms with Gasteiger partial charge in [-0.25, -0.2) is 4.39 Å². The third-order valence-electron chi connectivity index (χ3n) is 5.35. The quantitative estimate of drug-likeness (QED) is 0.656. The fraction of sp³-hybridized carbons (Fsp3) is 0.348. The van der Waals surface area contributed by atoms with E-state index in [-0.39, 0.29) is 36.6 Å². The molecule has 1 fully saturated rings. The maximum Gasteiger partial charge on any atom is 0.265 e. The van der Waals surface area contributed by atoms with E-state index in [0.717, 1.165) is 12.8 Å². The number of rotatable bonds is 8. The van der Waals surface area contributed by atoms with Crippen LogP contribution in [0.1, 0.15) is 30.1 Å². The molecule has 2 aromatic carbocycles. The largest absolute Gasteiger partial charge is 0.485 e. The third-order valence-corrected chi connectivity index (χ3v) is 5.35. The van der Waals surface area contributed by atoms with Crippen LogP contribution in [0.3, 0.4) is 0 Å². The van der Waals surface area contributed by atoms with E-state index in [1.54, 1.807) is 25.1 Å². The Bertz CT molecular complexity index is 1020. The van der Waals surface area contributed by atoms with Gasteiger partial charge >= 0.3 is 0 Å². The van der Waals surface area contributed by atoms with Gasteiger partial charge in [-0.15, -0.1) is 0 Å². The van der Waals surface area contributed by atoms with Crippen LogP contribution in [-0.4, -0.2) is 43.4 Å². The Morgan fingerprint density at radius 1 is 1.26 bits per heavy atom. The predicted octanol–water partition coefficient (Wildman–Crippen LogP) is 2.73. The minimum atomic E-state index is -0.747. The van der Waals surface area contributed by atoms with E-state index in [1.807, 2.05) is 0 Å². The van der Waals surface area contributed by atoms with Crippen LogP contribution in [0.15, 0.2) is 42.5 Å². The van der Waals surface area contributed by atoms with Crippen LogP contribution >= 0.6 is 0 Å². The molecule has 2 amide bonds. The van der Waals surface area contributed by atoms with Gasteiger partial charge in [-0.2, -0.15) is 0 Å². The van der Waals surface area contributed by atoms with Gasteiger partial charge in [0.1, 0.15) is 23.4 Å². The molecule has 31 heavy (non-hydrogen) atoms. The molecule has 2 aromatic rings. The van der Waals surface area contributed by atoms with Gasteiger partial charge in [0, 0.05) is 18.2 Å². The Balaban J connectivity index is 1.50. The summed E-state index contributed by atoms with van der Waals surface area (Å²) in [5.41, 5.74) is 0.658. The number of hydrogen-bond donors (Lipinski definition) is 1. The van der Waals surface area contributed by atoms with Crippen molar-refractivity contribution in [2.75, 3.05) is 24.7 Å². The number of fused-ring (bicyclic) bond motifs is 1. The normalized spacial score (nSPS) is 16.2. The number of anilines is 1. The number of nitrogens with one attached hydrogen (secondary N) is 1. The lowest BCUT2D eigenvalue weighted by molar-refractivity contribution is -0.127. The molecule has 4 rings (SSSR count). The topological polar surface area (TPSA) is 84.9 Å². The highest BCUT2D eigenvalue weighted by atomic mass is 19.1. The Labute approximate surface area is 179 Å². The van der Waals surface area contributed by atoms with Crippen LogP contribution in [-0.2, 0) is 9.59 Å². The summed E-state index contributed by atoms with van der Waals surface area (Å²) >= 11 is 0. The van der Waals surface area contributed by atoms with Crippen LogP contribution in [0.25, 0.3) is 0 Å². The number of Topliss-reactive ketones (excluding diaryl/α,β-unsaturated/α-hetero) is 1. The molecule has 162 valence electrons. The van der Waals surface area contributed by atoms with Gasteiger partial charge < -0.3 is 14.8 Å². The first kappa shape index (κ1) is 20.8. The average molecular weight is 426 g/mol. The zero-order valence-corrected chi connectivity index (χ0v) is 17.1. The van der Waals surface area contributed by atoms with Gasteiger partial charge in [0.25, 0.3) is 5.91 Å². The van der Waals surface area contributed by atoms with Crippen molar-refractivity contribution in [3.05, 3.63) is 53.8 Å². The summed E-state index contributed by atoms with van der Waals surface area (Å²) < 4.78 is 24.1. The Kier molecular flexibility index (Phi) is 5.88. The summed E-state index contributed by atoms with van der Waals surface area (Å²) in [6, 6.07) is 9.46.